The summed E-state index contributed by atoms with van der Waals surface area (Å²) in [5.41, 5.74) is 2.96. The number of amides is 1. The van der Waals surface area contributed by atoms with Crippen molar-refractivity contribution in [3.8, 4) is 0 Å². The smallest absolute Gasteiger partial charge is 0.279 e. The van der Waals surface area contributed by atoms with E-state index in [1.807, 2.05) is 50.4 Å². The van der Waals surface area contributed by atoms with Crippen LogP contribution in [0.5, 0.6) is 0 Å². The summed E-state index contributed by atoms with van der Waals surface area (Å²) in [6.45, 7) is 3.18. The molecule has 0 aliphatic carbocycles. The van der Waals surface area contributed by atoms with Crippen LogP contribution in [0.4, 0.5) is 5.69 Å². The summed E-state index contributed by atoms with van der Waals surface area (Å²) >= 11 is 6.12. The molecule has 0 radical (unpaired) electrons. The minimum Gasteiger partial charge on any atom is -0.326 e. The van der Waals surface area contributed by atoms with Crippen molar-refractivity contribution in [2.45, 2.75) is 13.5 Å². The fourth-order valence-corrected chi connectivity index (χ4v) is 2.48. The van der Waals surface area contributed by atoms with Gasteiger partial charge in [-0.05, 0) is 24.6 Å². The molecule has 0 aromatic heterocycles. The minimum atomic E-state index is -0.0332. The number of anilines is 1. The molecule has 1 unspecified atom stereocenters. The lowest BCUT2D eigenvalue weighted by atomic mass is 10.2. The normalized spacial score (nSPS) is 12.0. The number of hydrogen-bond acceptors (Lipinski definition) is 1. The molecule has 0 heterocycles. The number of halogens is 1. The Hall–Kier alpha value is -1.84. The highest BCUT2D eigenvalue weighted by atomic mass is 35.5. The number of carbonyl (C=O) groups is 1. The molecule has 0 fully saturated rings. The van der Waals surface area contributed by atoms with E-state index in [0.29, 0.717) is 17.3 Å². The van der Waals surface area contributed by atoms with Crippen LogP contribution in [0.25, 0.3) is 0 Å². The van der Waals surface area contributed by atoms with Crippen molar-refractivity contribution < 1.29 is 9.69 Å². The largest absolute Gasteiger partial charge is 0.326 e. The maximum absolute atomic E-state index is 12.1. The van der Waals surface area contributed by atoms with E-state index in [0.717, 1.165) is 17.0 Å². The van der Waals surface area contributed by atoms with Crippen LogP contribution in [0.3, 0.4) is 0 Å². The Morgan fingerprint density at radius 3 is 2.57 bits per heavy atom. The van der Waals surface area contributed by atoms with E-state index in [-0.39, 0.29) is 5.91 Å². The van der Waals surface area contributed by atoms with Crippen LogP contribution in [0.2, 0.25) is 5.02 Å². The van der Waals surface area contributed by atoms with E-state index in [1.54, 1.807) is 0 Å². The molecule has 0 aliphatic rings. The molecule has 0 saturated carbocycles. The first-order valence-corrected chi connectivity index (χ1v) is 7.33. The van der Waals surface area contributed by atoms with Gasteiger partial charge in [0.25, 0.3) is 5.91 Å². The molecule has 3 nitrogen and oxygen atoms in total. The second kappa shape index (κ2) is 7.25. The number of hydrogen-bond donors (Lipinski definition) is 2. The first-order valence-electron chi connectivity index (χ1n) is 6.96. The average molecular weight is 304 g/mol. The summed E-state index contributed by atoms with van der Waals surface area (Å²) in [5.74, 6) is -0.0332. The summed E-state index contributed by atoms with van der Waals surface area (Å²) < 4.78 is 0. The summed E-state index contributed by atoms with van der Waals surface area (Å²) in [4.78, 5) is 13.2. The van der Waals surface area contributed by atoms with Crippen molar-refractivity contribution in [2.75, 3.05) is 18.9 Å². The van der Waals surface area contributed by atoms with E-state index in [2.05, 4.69) is 17.4 Å². The van der Waals surface area contributed by atoms with Gasteiger partial charge in [0, 0.05) is 5.56 Å². The van der Waals surface area contributed by atoms with Crippen LogP contribution in [0, 0.1) is 6.92 Å². The maximum atomic E-state index is 12.1. The van der Waals surface area contributed by atoms with E-state index >= 15 is 0 Å². The van der Waals surface area contributed by atoms with Gasteiger partial charge in [-0.2, -0.15) is 0 Å². The number of aryl methyl sites for hydroxylation is 1. The molecular weight excluding hydrogens is 284 g/mol. The van der Waals surface area contributed by atoms with Crippen molar-refractivity contribution >= 4 is 23.2 Å². The second-order valence-electron chi connectivity index (χ2n) is 5.33. The zero-order chi connectivity index (χ0) is 15.2. The van der Waals surface area contributed by atoms with Gasteiger partial charge in [0.1, 0.15) is 6.54 Å². The number of quaternary nitrogens is 1. The van der Waals surface area contributed by atoms with Crippen molar-refractivity contribution in [1.82, 2.24) is 0 Å². The quantitative estimate of drug-likeness (QED) is 0.873. The first kappa shape index (κ1) is 15.5. The first-order chi connectivity index (χ1) is 10.0. The summed E-state index contributed by atoms with van der Waals surface area (Å²) in [6, 6.07) is 15.8. The highest BCUT2D eigenvalue weighted by molar-refractivity contribution is 6.33. The lowest BCUT2D eigenvalue weighted by molar-refractivity contribution is -0.885. The molecule has 2 aromatic rings. The molecule has 2 aromatic carbocycles. The number of benzene rings is 2. The number of nitrogens with one attached hydrogen (secondary N) is 2. The molecule has 1 amide bonds. The number of likely N-dealkylation sites (N-methyl/N-ethyl adjacent to an activating group) is 1. The standard InChI is InChI=1S/C17H19ClN2O/c1-13-8-9-16(15(18)10-13)19-17(21)12-20(2)11-14-6-4-3-5-7-14/h3-10H,11-12H2,1-2H3,(H,19,21)/p+1. The molecular formula is C17H20ClN2O+. The van der Waals surface area contributed by atoms with Crippen molar-refractivity contribution in [2.24, 2.45) is 0 Å². The predicted molar refractivity (Wildman–Crippen MR) is 86.7 cm³/mol. The van der Waals surface area contributed by atoms with Gasteiger partial charge in [0.05, 0.1) is 17.8 Å². The van der Waals surface area contributed by atoms with E-state index in [1.165, 1.54) is 5.56 Å². The highest BCUT2D eigenvalue weighted by Gasteiger charge is 2.12. The fraction of sp³-hybridized carbons (Fsp3) is 0.235. The Morgan fingerprint density at radius 2 is 1.90 bits per heavy atom. The third-order valence-corrected chi connectivity index (χ3v) is 3.52. The molecule has 0 spiro atoms. The van der Waals surface area contributed by atoms with Crippen molar-refractivity contribution in [3.63, 3.8) is 0 Å². The second-order valence-corrected chi connectivity index (χ2v) is 5.73. The Bertz CT molecular complexity index is 613. The molecule has 0 saturated heterocycles. The lowest BCUT2D eigenvalue weighted by Gasteiger charge is -2.14. The molecule has 0 aliphatic heterocycles. The fourth-order valence-electron chi connectivity index (χ4n) is 2.20. The zero-order valence-electron chi connectivity index (χ0n) is 12.3. The van der Waals surface area contributed by atoms with Gasteiger partial charge in [-0.3, -0.25) is 4.79 Å². The number of rotatable bonds is 5. The zero-order valence-corrected chi connectivity index (χ0v) is 13.1. The van der Waals surface area contributed by atoms with E-state index in [9.17, 15) is 4.79 Å². The maximum Gasteiger partial charge on any atom is 0.279 e. The molecule has 2 rings (SSSR count). The molecule has 21 heavy (non-hydrogen) atoms. The van der Waals surface area contributed by atoms with E-state index in [4.69, 9.17) is 11.6 Å². The van der Waals surface area contributed by atoms with Crippen molar-refractivity contribution in [3.05, 3.63) is 64.7 Å². The van der Waals surface area contributed by atoms with Gasteiger partial charge in [0.2, 0.25) is 0 Å². The van der Waals surface area contributed by atoms with Gasteiger partial charge < -0.3 is 10.2 Å². The van der Waals surface area contributed by atoms with E-state index < -0.39 is 0 Å². The Balaban J connectivity index is 1.89. The van der Waals surface area contributed by atoms with Crippen LogP contribution in [-0.2, 0) is 11.3 Å². The summed E-state index contributed by atoms with van der Waals surface area (Å²) in [5, 5.41) is 3.44. The van der Waals surface area contributed by atoms with Crippen LogP contribution < -0.4 is 10.2 Å². The average Bonchev–Trinajstić information content (AvgIpc) is 2.43. The Kier molecular flexibility index (Phi) is 5.37. The van der Waals surface area contributed by atoms with Crippen molar-refractivity contribution in [1.29, 1.82) is 0 Å². The van der Waals surface area contributed by atoms with Gasteiger partial charge >= 0.3 is 0 Å². The minimum absolute atomic E-state index is 0.0332. The Labute approximate surface area is 130 Å². The number of carbonyl (C=O) groups excluding carboxylic acids is 1. The van der Waals surface area contributed by atoms with Gasteiger partial charge in [-0.25, -0.2) is 0 Å². The van der Waals surface area contributed by atoms with Gasteiger partial charge in [-0.15, -0.1) is 0 Å². The molecule has 1 atom stereocenters. The molecule has 0 bridgehead atoms. The third kappa shape index (κ3) is 4.88. The molecule has 2 N–H and O–H groups in total. The summed E-state index contributed by atoms with van der Waals surface area (Å²) in [6.07, 6.45) is 0. The van der Waals surface area contributed by atoms with Crippen LogP contribution >= 0.6 is 11.6 Å². The topological polar surface area (TPSA) is 33.5 Å². The predicted octanol–water partition coefficient (Wildman–Crippen LogP) is 2.30. The third-order valence-electron chi connectivity index (χ3n) is 3.21. The molecule has 4 heteroatoms. The van der Waals surface area contributed by atoms with Gasteiger partial charge in [0.15, 0.2) is 6.54 Å². The van der Waals surface area contributed by atoms with Gasteiger partial charge in [-0.1, -0.05) is 48.0 Å². The lowest BCUT2D eigenvalue weighted by Crippen LogP contribution is -3.08. The molecule has 110 valence electrons. The van der Waals surface area contributed by atoms with Crippen LogP contribution in [0.15, 0.2) is 48.5 Å². The van der Waals surface area contributed by atoms with Crippen LogP contribution in [0.1, 0.15) is 11.1 Å². The monoisotopic (exact) mass is 303 g/mol. The summed E-state index contributed by atoms with van der Waals surface area (Å²) in [7, 11) is 2.00. The van der Waals surface area contributed by atoms with Crippen LogP contribution in [-0.4, -0.2) is 19.5 Å². The highest BCUT2D eigenvalue weighted by Crippen LogP contribution is 2.22. The SMILES string of the molecule is Cc1ccc(NC(=O)C[NH+](C)Cc2ccccc2)c(Cl)c1. The Morgan fingerprint density at radius 1 is 1.19 bits per heavy atom.